The van der Waals surface area contributed by atoms with E-state index in [2.05, 4.69) is 41.7 Å². The van der Waals surface area contributed by atoms with Crippen LogP contribution in [0.5, 0.6) is 0 Å². The number of hydrogen-bond acceptors (Lipinski definition) is 10. The van der Waals surface area contributed by atoms with Gasteiger partial charge >= 0.3 is 0 Å². The molecule has 0 bridgehead atoms. The fourth-order valence-corrected chi connectivity index (χ4v) is 8.21. The molecule has 5 rings (SSSR count). The van der Waals surface area contributed by atoms with E-state index >= 15 is 0 Å². The molecule has 0 aliphatic heterocycles. The Balaban J connectivity index is 1.31. The standard InChI is InChI=1S/C44H34Cl8N8O6/c1-5-21-11-36(54-44(66)38(20(4)62)60-58-26-8-10-30(48)28(18-26)42(64)56-40-33(51)15-24(46)16-34(40)52)22(6-2)12-35(21)53-43(65)37(19(3)61)59-57-25-7-9-29(47)27(17-25)41(63)55-39-31(49)13-23(45)14-32(39)50/h7-18,37-38H,5-6H2,1-4H3,(H,53,65)(H,54,66)(H,55,63)(H,56,64). The third-order valence-corrected chi connectivity index (χ3v) is 11.6. The lowest BCUT2D eigenvalue weighted by atomic mass is 10.0. The van der Waals surface area contributed by atoms with E-state index in [9.17, 15) is 28.8 Å². The maximum absolute atomic E-state index is 13.6. The molecule has 66 heavy (non-hydrogen) atoms. The summed E-state index contributed by atoms with van der Waals surface area (Å²) in [6.07, 6.45) is 0.713. The minimum Gasteiger partial charge on any atom is -0.323 e. The normalized spacial score (nSPS) is 12.2. The van der Waals surface area contributed by atoms with Crippen molar-refractivity contribution in [3.8, 4) is 0 Å². The van der Waals surface area contributed by atoms with Crippen LogP contribution in [0.3, 0.4) is 0 Å². The number of rotatable bonds is 16. The maximum atomic E-state index is 13.6. The van der Waals surface area contributed by atoms with Gasteiger partial charge in [-0.3, -0.25) is 28.8 Å². The van der Waals surface area contributed by atoms with Gasteiger partial charge in [-0.05, 0) is 111 Å². The van der Waals surface area contributed by atoms with Gasteiger partial charge in [0.15, 0.2) is 11.6 Å². The SMILES string of the molecule is CCc1cc(NC(=O)C(N=Nc2ccc(Cl)c(C(=O)Nc3c(Cl)cc(Cl)cc3Cl)c2)C(C)=O)c(CC)cc1NC(=O)C(N=Nc1ccc(Cl)c(C(=O)Nc2c(Cl)cc(Cl)cc2Cl)c1)C(C)=O. The zero-order valence-electron chi connectivity index (χ0n) is 34.8. The van der Waals surface area contributed by atoms with Crippen LogP contribution in [0.4, 0.5) is 34.1 Å². The number of aryl methyl sites for hydroxylation is 2. The van der Waals surface area contributed by atoms with Gasteiger partial charge < -0.3 is 21.3 Å². The van der Waals surface area contributed by atoms with Crippen LogP contribution in [-0.4, -0.2) is 47.3 Å². The molecule has 5 aromatic carbocycles. The monoisotopic (exact) mass is 1050 g/mol. The molecule has 14 nitrogen and oxygen atoms in total. The van der Waals surface area contributed by atoms with Gasteiger partial charge in [0.1, 0.15) is 0 Å². The van der Waals surface area contributed by atoms with Gasteiger partial charge in [-0.1, -0.05) is 107 Å². The number of benzene rings is 5. The first-order valence-corrected chi connectivity index (χ1v) is 22.3. The fraction of sp³-hybridized carbons (Fsp3) is 0.182. The summed E-state index contributed by atoms with van der Waals surface area (Å²) in [4.78, 5) is 79.0. The molecule has 2 unspecified atom stereocenters. The van der Waals surface area contributed by atoms with E-state index in [1.807, 2.05) is 0 Å². The average Bonchev–Trinajstić information content (AvgIpc) is 3.24. The molecule has 0 aliphatic rings. The van der Waals surface area contributed by atoms with Crippen LogP contribution in [0, 0.1) is 0 Å². The smallest absolute Gasteiger partial charge is 0.258 e. The Morgan fingerprint density at radius 1 is 0.470 bits per heavy atom. The molecule has 5 aromatic rings. The number of ketones is 2. The summed E-state index contributed by atoms with van der Waals surface area (Å²) in [5, 5.41) is 27.8. The van der Waals surface area contributed by atoms with Crippen LogP contribution in [0.25, 0.3) is 0 Å². The number of hydrogen-bond donors (Lipinski definition) is 4. The lowest BCUT2D eigenvalue weighted by molar-refractivity contribution is -0.127. The van der Waals surface area contributed by atoms with Crippen LogP contribution < -0.4 is 21.3 Å². The molecular formula is C44H34Cl8N8O6. The number of carbonyl (C=O) groups is 6. The van der Waals surface area contributed by atoms with Crippen molar-refractivity contribution < 1.29 is 28.8 Å². The van der Waals surface area contributed by atoms with Crippen molar-refractivity contribution >= 4 is 162 Å². The van der Waals surface area contributed by atoms with Crippen molar-refractivity contribution in [2.45, 2.75) is 52.6 Å². The van der Waals surface area contributed by atoms with E-state index in [0.717, 1.165) is 0 Å². The first kappa shape index (κ1) is 51.8. The second-order valence-corrected chi connectivity index (χ2v) is 17.4. The molecule has 0 radical (unpaired) electrons. The van der Waals surface area contributed by atoms with Crippen molar-refractivity contribution in [1.29, 1.82) is 0 Å². The molecule has 0 aliphatic carbocycles. The predicted molar refractivity (Wildman–Crippen MR) is 262 cm³/mol. The molecule has 0 fully saturated rings. The van der Waals surface area contributed by atoms with Crippen molar-refractivity contribution in [3.05, 3.63) is 135 Å². The Morgan fingerprint density at radius 2 is 0.803 bits per heavy atom. The van der Waals surface area contributed by atoms with E-state index in [1.165, 1.54) is 74.5 Å². The lowest BCUT2D eigenvalue weighted by Gasteiger charge is -2.18. The number of halogens is 8. The summed E-state index contributed by atoms with van der Waals surface area (Å²) in [6.45, 7) is 5.95. The summed E-state index contributed by atoms with van der Waals surface area (Å²) >= 11 is 49.4. The number of anilines is 4. The van der Waals surface area contributed by atoms with Crippen molar-refractivity contribution in [2.75, 3.05) is 21.3 Å². The molecule has 22 heteroatoms. The van der Waals surface area contributed by atoms with Crippen molar-refractivity contribution in [1.82, 2.24) is 0 Å². The highest BCUT2D eigenvalue weighted by Crippen LogP contribution is 2.37. The Morgan fingerprint density at radius 3 is 1.11 bits per heavy atom. The van der Waals surface area contributed by atoms with Gasteiger partial charge in [-0.15, -0.1) is 0 Å². The molecule has 2 atom stereocenters. The molecule has 4 N–H and O–H groups in total. The summed E-state index contributed by atoms with van der Waals surface area (Å²) in [5.41, 5.74) is 2.09. The zero-order chi connectivity index (χ0) is 48.6. The maximum Gasteiger partial charge on any atom is 0.258 e. The van der Waals surface area contributed by atoms with Crippen LogP contribution in [-0.2, 0) is 32.0 Å². The second kappa shape index (κ2) is 23.0. The Labute approximate surface area is 417 Å². The molecule has 0 aromatic heterocycles. The van der Waals surface area contributed by atoms with E-state index in [0.29, 0.717) is 35.3 Å². The van der Waals surface area contributed by atoms with Gasteiger partial charge in [0.2, 0.25) is 12.1 Å². The number of amides is 4. The predicted octanol–water partition coefficient (Wildman–Crippen LogP) is 13.9. The topological polar surface area (TPSA) is 200 Å². The third kappa shape index (κ3) is 13.0. The van der Waals surface area contributed by atoms with Gasteiger partial charge in [-0.25, -0.2) is 0 Å². The highest BCUT2D eigenvalue weighted by molar-refractivity contribution is 6.44. The van der Waals surface area contributed by atoms with E-state index < -0.39 is 47.3 Å². The van der Waals surface area contributed by atoms with Crippen molar-refractivity contribution in [2.24, 2.45) is 20.5 Å². The lowest BCUT2D eigenvalue weighted by Crippen LogP contribution is -2.33. The summed E-state index contributed by atoms with van der Waals surface area (Å²) < 4.78 is 0. The molecule has 0 saturated heterocycles. The number of azo groups is 2. The van der Waals surface area contributed by atoms with Crippen LogP contribution >= 0.6 is 92.8 Å². The highest BCUT2D eigenvalue weighted by Gasteiger charge is 2.27. The Bertz CT molecular complexity index is 2620. The van der Waals surface area contributed by atoms with E-state index in [1.54, 1.807) is 26.0 Å². The van der Waals surface area contributed by atoms with Gasteiger partial charge in [-0.2, -0.15) is 20.5 Å². The Kier molecular flexibility index (Phi) is 18.1. The highest BCUT2D eigenvalue weighted by atomic mass is 35.5. The number of nitrogens with zero attached hydrogens (tertiary/aromatic N) is 4. The zero-order valence-corrected chi connectivity index (χ0v) is 40.8. The molecule has 0 saturated carbocycles. The van der Waals surface area contributed by atoms with E-state index in [-0.39, 0.29) is 74.1 Å². The summed E-state index contributed by atoms with van der Waals surface area (Å²) in [5.74, 6) is -4.26. The minimum absolute atomic E-state index is 0.0333. The number of nitrogens with one attached hydrogen (secondary N) is 4. The Hall–Kier alpha value is -5.16. The molecule has 0 heterocycles. The minimum atomic E-state index is -1.60. The quantitative estimate of drug-likeness (QED) is 0.0559. The summed E-state index contributed by atoms with van der Waals surface area (Å²) in [7, 11) is 0. The first-order valence-electron chi connectivity index (χ1n) is 19.3. The van der Waals surface area contributed by atoms with Crippen LogP contribution in [0.15, 0.2) is 93.3 Å². The first-order chi connectivity index (χ1) is 31.2. The van der Waals surface area contributed by atoms with Crippen molar-refractivity contribution in [3.63, 3.8) is 0 Å². The fourth-order valence-electron chi connectivity index (χ4n) is 5.98. The number of carbonyl (C=O) groups excluding carboxylic acids is 6. The number of Topliss-reactive ketones (excluding diaryl/α,β-unsaturated/α-hetero) is 2. The van der Waals surface area contributed by atoms with Gasteiger partial charge in [0.25, 0.3) is 23.6 Å². The van der Waals surface area contributed by atoms with Gasteiger partial charge in [0.05, 0.1) is 64.0 Å². The molecule has 4 amide bonds. The largest absolute Gasteiger partial charge is 0.323 e. The molecular weight excluding hydrogens is 1020 g/mol. The third-order valence-electron chi connectivity index (χ3n) is 9.33. The average molecular weight is 1050 g/mol. The summed E-state index contributed by atoms with van der Waals surface area (Å²) in [6, 6.07) is 13.9. The molecule has 342 valence electrons. The van der Waals surface area contributed by atoms with E-state index in [4.69, 9.17) is 92.8 Å². The van der Waals surface area contributed by atoms with Crippen LogP contribution in [0.1, 0.15) is 59.5 Å². The molecule has 0 spiro atoms. The van der Waals surface area contributed by atoms with Crippen LogP contribution in [0.2, 0.25) is 40.2 Å². The second-order valence-electron chi connectivity index (χ2n) is 14.0. The van der Waals surface area contributed by atoms with Gasteiger partial charge in [0, 0.05) is 21.4 Å².